The molecule has 4 heteroatoms. The molecule has 0 saturated carbocycles. The van der Waals surface area contributed by atoms with Crippen LogP contribution in [0.2, 0.25) is 0 Å². The minimum absolute atomic E-state index is 0.0357. The number of nitrogens with one attached hydrogen (secondary N) is 1. The highest BCUT2D eigenvalue weighted by Gasteiger charge is 2.23. The number of aliphatic hydroxyl groups is 2. The molecule has 3 N–H and O–H groups in total. The summed E-state index contributed by atoms with van der Waals surface area (Å²) in [7, 11) is 0. The Hall–Kier alpha value is -0.870. The van der Waals surface area contributed by atoms with E-state index in [0.717, 1.165) is 0 Å². The molecule has 0 saturated heterocycles. The SMILES string of the molecule is CC(O)(CCO)c1cnc[nH]1. The number of imidazole rings is 1. The number of nitrogens with zero attached hydrogens (tertiary/aromatic N) is 1. The van der Waals surface area contributed by atoms with Gasteiger partial charge in [0, 0.05) is 13.0 Å². The molecule has 62 valence electrons. The summed E-state index contributed by atoms with van der Waals surface area (Å²) >= 11 is 0. The van der Waals surface area contributed by atoms with Crippen LogP contribution < -0.4 is 0 Å². The lowest BCUT2D eigenvalue weighted by Crippen LogP contribution is -2.22. The number of hydrogen-bond acceptors (Lipinski definition) is 3. The van der Waals surface area contributed by atoms with Crippen LogP contribution in [0.15, 0.2) is 12.5 Å². The van der Waals surface area contributed by atoms with E-state index < -0.39 is 5.60 Å². The molecule has 1 heterocycles. The minimum Gasteiger partial charge on any atom is -0.396 e. The lowest BCUT2D eigenvalue weighted by Gasteiger charge is -2.19. The summed E-state index contributed by atoms with van der Waals surface area (Å²) in [6.07, 6.45) is 3.37. The lowest BCUT2D eigenvalue weighted by molar-refractivity contribution is 0.0263. The predicted molar refractivity (Wildman–Crippen MR) is 39.9 cm³/mol. The number of H-pyrrole nitrogens is 1. The first-order valence-corrected chi connectivity index (χ1v) is 3.49. The molecule has 11 heavy (non-hydrogen) atoms. The van der Waals surface area contributed by atoms with Crippen LogP contribution in [-0.4, -0.2) is 26.8 Å². The molecule has 0 bridgehead atoms. The van der Waals surface area contributed by atoms with Gasteiger partial charge in [0.25, 0.3) is 0 Å². The maximum atomic E-state index is 9.64. The Morgan fingerprint density at radius 3 is 2.91 bits per heavy atom. The standard InChI is InChI=1S/C7H12N2O2/c1-7(11,2-3-10)6-4-8-5-9-6/h4-5,10-11H,2-3H2,1H3,(H,8,9). The average molecular weight is 156 g/mol. The van der Waals surface area contributed by atoms with Crippen LogP contribution in [0.4, 0.5) is 0 Å². The molecule has 1 rings (SSSR count). The number of rotatable bonds is 3. The lowest BCUT2D eigenvalue weighted by atomic mass is 10.00. The number of aliphatic hydroxyl groups excluding tert-OH is 1. The molecule has 1 atom stereocenters. The molecule has 0 aliphatic carbocycles. The molecule has 1 aromatic rings. The summed E-state index contributed by atoms with van der Waals surface area (Å²) in [5.41, 5.74) is -0.364. The summed E-state index contributed by atoms with van der Waals surface area (Å²) in [6, 6.07) is 0. The van der Waals surface area contributed by atoms with Crippen molar-refractivity contribution in [2.45, 2.75) is 18.9 Å². The highest BCUT2D eigenvalue weighted by Crippen LogP contribution is 2.20. The van der Waals surface area contributed by atoms with Crippen molar-refractivity contribution >= 4 is 0 Å². The van der Waals surface area contributed by atoms with Crippen LogP contribution in [0.5, 0.6) is 0 Å². The van der Waals surface area contributed by atoms with Crippen molar-refractivity contribution in [1.29, 1.82) is 0 Å². The Balaban J connectivity index is 2.73. The van der Waals surface area contributed by atoms with E-state index in [1.807, 2.05) is 0 Å². The van der Waals surface area contributed by atoms with Gasteiger partial charge in [-0.25, -0.2) is 4.98 Å². The zero-order chi connectivity index (χ0) is 8.32. The molecule has 0 amide bonds. The van der Waals surface area contributed by atoms with Crippen LogP contribution in [0.3, 0.4) is 0 Å². The quantitative estimate of drug-likeness (QED) is 0.577. The molecule has 0 spiro atoms. The maximum absolute atomic E-state index is 9.64. The third-order valence-electron chi connectivity index (χ3n) is 1.68. The monoisotopic (exact) mass is 156 g/mol. The van der Waals surface area contributed by atoms with Crippen molar-refractivity contribution in [3.63, 3.8) is 0 Å². The van der Waals surface area contributed by atoms with Crippen molar-refractivity contribution in [3.05, 3.63) is 18.2 Å². The Labute approximate surface area is 64.9 Å². The first-order chi connectivity index (χ1) is 5.17. The van der Waals surface area contributed by atoms with Crippen LogP contribution in [-0.2, 0) is 5.60 Å². The van der Waals surface area contributed by atoms with E-state index in [9.17, 15) is 5.11 Å². The molecule has 0 aliphatic rings. The van der Waals surface area contributed by atoms with Gasteiger partial charge in [-0.2, -0.15) is 0 Å². The summed E-state index contributed by atoms with van der Waals surface area (Å²) in [4.78, 5) is 6.56. The molecule has 0 aliphatic heterocycles. The second-order valence-corrected chi connectivity index (χ2v) is 2.71. The van der Waals surface area contributed by atoms with Gasteiger partial charge >= 0.3 is 0 Å². The first-order valence-electron chi connectivity index (χ1n) is 3.49. The van der Waals surface area contributed by atoms with Gasteiger partial charge in [-0.3, -0.25) is 0 Å². The molecular weight excluding hydrogens is 144 g/mol. The molecule has 4 nitrogen and oxygen atoms in total. The van der Waals surface area contributed by atoms with Crippen LogP contribution >= 0.6 is 0 Å². The van der Waals surface area contributed by atoms with Gasteiger partial charge in [-0.1, -0.05) is 0 Å². The normalized spacial score (nSPS) is 16.3. The highest BCUT2D eigenvalue weighted by atomic mass is 16.3. The average Bonchev–Trinajstić information content (AvgIpc) is 2.37. The van der Waals surface area contributed by atoms with Gasteiger partial charge in [-0.05, 0) is 6.92 Å². The van der Waals surface area contributed by atoms with Crippen molar-refractivity contribution in [2.75, 3.05) is 6.61 Å². The van der Waals surface area contributed by atoms with E-state index in [2.05, 4.69) is 9.97 Å². The summed E-state index contributed by atoms with van der Waals surface area (Å²) in [6.45, 7) is 1.60. The summed E-state index contributed by atoms with van der Waals surface area (Å²) < 4.78 is 0. The Bertz CT molecular complexity index is 206. The van der Waals surface area contributed by atoms with E-state index >= 15 is 0 Å². The van der Waals surface area contributed by atoms with Crippen molar-refractivity contribution in [3.8, 4) is 0 Å². The largest absolute Gasteiger partial charge is 0.396 e. The van der Waals surface area contributed by atoms with Crippen molar-refractivity contribution in [1.82, 2.24) is 9.97 Å². The van der Waals surface area contributed by atoms with Crippen LogP contribution in [0, 0.1) is 0 Å². The maximum Gasteiger partial charge on any atom is 0.105 e. The molecule has 1 unspecified atom stereocenters. The van der Waals surface area contributed by atoms with Gasteiger partial charge in [0.05, 0.1) is 18.2 Å². The summed E-state index contributed by atoms with van der Waals surface area (Å²) in [5, 5.41) is 18.2. The Kier molecular flexibility index (Phi) is 2.26. The van der Waals surface area contributed by atoms with E-state index in [1.165, 1.54) is 6.33 Å². The number of hydrogen-bond donors (Lipinski definition) is 3. The zero-order valence-electron chi connectivity index (χ0n) is 6.41. The van der Waals surface area contributed by atoms with Crippen molar-refractivity contribution < 1.29 is 10.2 Å². The number of aromatic nitrogens is 2. The molecule has 1 aromatic heterocycles. The van der Waals surface area contributed by atoms with E-state index in [-0.39, 0.29) is 6.61 Å². The van der Waals surface area contributed by atoms with Gasteiger partial charge in [0.15, 0.2) is 0 Å². The predicted octanol–water partition coefficient (Wildman–Crippen LogP) is -0.000400. The van der Waals surface area contributed by atoms with Gasteiger partial charge in [-0.15, -0.1) is 0 Å². The fourth-order valence-corrected chi connectivity index (χ4v) is 0.903. The van der Waals surface area contributed by atoms with E-state index in [0.29, 0.717) is 12.1 Å². The number of aromatic amines is 1. The second kappa shape index (κ2) is 3.02. The smallest absolute Gasteiger partial charge is 0.105 e. The fourth-order valence-electron chi connectivity index (χ4n) is 0.903. The molecule has 0 fully saturated rings. The third-order valence-corrected chi connectivity index (χ3v) is 1.68. The Morgan fingerprint density at radius 2 is 2.45 bits per heavy atom. The third kappa shape index (κ3) is 1.78. The van der Waals surface area contributed by atoms with E-state index in [4.69, 9.17) is 5.11 Å². The van der Waals surface area contributed by atoms with Gasteiger partial charge in [0.2, 0.25) is 0 Å². The fraction of sp³-hybridized carbons (Fsp3) is 0.571. The minimum atomic E-state index is -0.995. The molecule has 0 radical (unpaired) electrons. The second-order valence-electron chi connectivity index (χ2n) is 2.71. The van der Waals surface area contributed by atoms with Crippen LogP contribution in [0.1, 0.15) is 19.0 Å². The topological polar surface area (TPSA) is 69.1 Å². The van der Waals surface area contributed by atoms with Gasteiger partial charge in [0.1, 0.15) is 5.60 Å². The van der Waals surface area contributed by atoms with Gasteiger partial charge < -0.3 is 15.2 Å². The van der Waals surface area contributed by atoms with E-state index in [1.54, 1.807) is 13.1 Å². The highest BCUT2D eigenvalue weighted by molar-refractivity contribution is 5.05. The van der Waals surface area contributed by atoms with Crippen molar-refractivity contribution in [2.24, 2.45) is 0 Å². The summed E-state index contributed by atoms with van der Waals surface area (Å²) in [5.74, 6) is 0. The molecular formula is C7H12N2O2. The molecule has 0 aromatic carbocycles. The zero-order valence-corrected chi connectivity index (χ0v) is 6.41. The first kappa shape index (κ1) is 8.23. The van der Waals surface area contributed by atoms with Crippen LogP contribution in [0.25, 0.3) is 0 Å². The Morgan fingerprint density at radius 1 is 1.73 bits per heavy atom.